The van der Waals surface area contributed by atoms with E-state index < -0.39 is 5.97 Å². The summed E-state index contributed by atoms with van der Waals surface area (Å²) in [5, 5.41) is 8.76. The van der Waals surface area contributed by atoms with Crippen LogP contribution in [0, 0.1) is 0 Å². The maximum Gasteiger partial charge on any atom is 0.304 e. The molecular formula is C11H22NO3S+. The van der Waals surface area contributed by atoms with E-state index in [-0.39, 0.29) is 16.8 Å². The summed E-state index contributed by atoms with van der Waals surface area (Å²) in [7, 11) is 6.00. The van der Waals surface area contributed by atoms with E-state index in [9.17, 15) is 9.59 Å². The molecule has 0 rings (SSSR count). The van der Waals surface area contributed by atoms with Crippen molar-refractivity contribution in [2.75, 3.05) is 27.7 Å². The van der Waals surface area contributed by atoms with Gasteiger partial charge in [0.15, 0.2) is 5.12 Å². The van der Waals surface area contributed by atoms with Gasteiger partial charge in [-0.25, -0.2) is 0 Å². The van der Waals surface area contributed by atoms with Crippen molar-refractivity contribution in [1.82, 2.24) is 0 Å². The number of rotatable bonds is 7. The molecule has 4 nitrogen and oxygen atoms in total. The van der Waals surface area contributed by atoms with Gasteiger partial charge in [-0.3, -0.25) is 9.59 Å². The van der Waals surface area contributed by atoms with Crippen molar-refractivity contribution in [2.45, 2.75) is 31.4 Å². The molecule has 0 radical (unpaired) electrons. The third kappa shape index (κ3) is 8.73. The molecule has 1 N–H and O–H groups in total. The zero-order chi connectivity index (χ0) is 12.8. The Morgan fingerprint density at radius 3 is 2.25 bits per heavy atom. The number of hydrogen-bond acceptors (Lipinski definition) is 3. The number of nitrogens with zero attached hydrogens (tertiary/aromatic N) is 1. The molecule has 0 aromatic carbocycles. The normalized spacial score (nSPS) is 13.5. The lowest BCUT2D eigenvalue weighted by Crippen LogP contribution is -2.41. The van der Waals surface area contributed by atoms with Gasteiger partial charge in [0.1, 0.15) is 0 Å². The Labute approximate surface area is 102 Å². The molecule has 0 aliphatic heterocycles. The molecule has 94 valence electrons. The van der Waals surface area contributed by atoms with Crippen LogP contribution in [0.2, 0.25) is 0 Å². The first-order chi connectivity index (χ1) is 7.24. The Balaban J connectivity index is 4.31. The average Bonchev–Trinajstić information content (AvgIpc) is 1.98. The first-order valence-corrected chi connectivity index (χ1v) is 6.34. The summed E-state index contributed by atoms with van der Waals surface area (Å²) in [5.74, 6) is -0.838. The number of aliphatic carboxylic acids is 1. The van der Waals surface area contributed by atoms with E-state index in [0.29, 0.717) is 17.4 Å². The number of carbonyl (C=O) groups is 2. The second-order valence-electron chi connectivity index (χ2n) is 4.93. The van der Waals surface area contributed by atoms with Gasteiger partial charge >= 0.3 is 5.97 Å². The maximum absolute atomic E-state index is 11.5. The van der Waals surface area contributed by atoms with Gasteiger partial charge in [0.25, 0.3) is 0 Å². The van der Waals surface area contributed by atoms with E-state index >= 15 is 0 Å². The third-order valence-electron chi connectivity index (χ3n) is 1.91. The molecule has 0 heterocycles. The Hall–Kier alpha value is -0.550. The fraction of sp³-hybridized carbons (Fsp3) is 0.818. The van der Waals surface area contributed by atoms with Crippen LogP contribution in [-0.4, -0.2) is 53.6 Å². The number of thioether (sulfide) groups is 1. The van der Waals surface area contributed by atoms with Crippen molar-refractivity contribution in [3.8, 4) is 0 Å². The second-order valence-corrected chi connectivity index (χ2v) is 6.29. The molecule has 0 aliphatic rings. The number of quaternary nitrogens is 1. The van der Waals surface area contributed by atoms with Gasteiger partial charge in [-0.05, 0) is 6.42 Å². The zero-order valence-electron chi connectivity index (χ0n) is 10.5. The van der Waals surface area contributed by atoms with Crippen LogP contribution < -0.4 is 0 Å². The van der Waals surface area contributed by atoms with Crippen molar-refractivity contribution in [3.63, 3.8) is 0 Å². The molecule has 0 fully saturated rings. The Morgan fingerprint density at radius 1 is 1.31 bits per heavy atom. The maximum atomic E-state index is 11.5. The monoisotopic (exact) mass is 248 g/mol. The molecule has 0 bridgehead atoms. The molecule has 1 atom stereocenters. The Morgan fingerprint density at radius 2 is 1.88 bits per heavy atom. The molecule has 5 heteroatoms. The van der Waals surface area contributed by atoms with E-state index in [2.05, 4.69) is 0 Å². The minimum Gasteiger partial charge on any atom is -0.481 e. The lowest BCUT2D eigenvalue weighted by molar-refractivity contribution is -0.869. The molecule has 16 heavy (non-hydrogen) atoms. The van der Waals surface area contributed by atoms with Crippen molar-refractivity contribution in [3.05, 3.63) is 0 Å². The largest absolute Gasteiger partial charge is 0.481 e. The molecule has 0 saturated heterocycles. The van der Waals surface area contributed by atoms with E-state index in [0.717, 1.165) is 6.42 Å². The van der Waals surface area contributed by atoms with Gasteiger partial charge in [0.05, 0.1) is 39.4 Å². The standard InChI is InChI=1S/C11H21NO3S/c1-5-6-11(15)16-9(7-10(13)14)8-12(2,3)4/h9H,5-8H2,1-4H3/p+1. The molecule has 0 spiro atoms. The highest BCUT2D eigenvalue weighted by Crippen LogP contribution is 2.20. The highest BCUT2D eigenvalue weighted by molar-refractivity contribution is 8.14. The van der Waals surface area contributed by atoms with E-state index in [1.165, 1.54) is 11.8 Å². The molecule has 1 unspecified atom stereocenters. The minimum absolute atomic E-state index is 0.0512. The fourth-order valence-electron chi connectivity index (χ4n) is 1.40. The topological polar surface area (TPSA) is 54.4 Å². The molecule has 0 aliphatic carbocycles. The predicted octanol–water partition coefficient (Wildman–Crippen LogP) is 1.60. The van der Waals surface area contributed by atoms with Crippen LogP contribution in [0.25, 0.3) is 0 Å². The van der Waals surface area contributed by atoms with Gasteiger partial charge in [-0.2, -0.15) is 0 Å². The summed E-state index contributed by atoms with van der Waals surface area (Å²) in [5.41, 5.74) is 0. The molecular weight excluding hydrogens is 226 g/mol. The van der Waals surface area contributed by atoms with Crippen molar-refractivity contribution < 1.29 is 19.2 Å². The van der Waals surface area contributed by atoms with E-state index in [4.69, 9.17) is 5.11 Å². The molecule has 0 saturated carbocycles. The first-order valence-electron chi connectivity index (χ1n) is 5.46. The van der Waals surface area contributed by atoms with Crippen LogP contribution >= 0.6 is 11.8 Å². The van der Waals surface area contributed by atoms with Crippen molar-refractivity contribution in [1.29, 1.82) is 0 Å². The molecule has 0 amide bonds. The van der Waals surface area contributed by atoms with Gasteiger partial charge in [-0.1, -0.05) is 18.7 Å². The summed E-state index contributed by atoms with van der Waals surface area (Å²) < 4.78 is 0.671. The van der Waals surface area contributed by atoms with Gasteiger partial charge in [0.2, 0.25) is 0 Å². The zero-order valence-corrected chi connectivity index (χ0v) is 11.3. The molecule has 0 aromatic heterocycles. The highest BCUT2D eigenvalue weighted by atomic mass is 32.2. The van der Waals surface area contributed by atoms with Gasteiger partial charge < -0.3 is 9.59 Å². The lowest BCUT2D eigenvalue weighted by atomic mass is 10.3. The fourth-order valence-corrected chi connectivity index (χ4v) is 2.84. The van der Waals surface area contributed by atoms with Crippen LogP contribution in [0.1, 0.15) is 26.2 Å². The SMILES string of the molecule is CCCC(=O)SC(CC(=O)O)C[N+](C)(C)C. The number of hydrogen-bond donors (Lipinski definition) is 1. The summed E-state index contributed by atoms with van der Waals surface area (Å²) >= 11 is 1.19. The van der Waals surface area contributed by atoms with E-state index in [1.54, 1.807) is 0 Å². The quantitative estimate of drug-likeness (QED) is 0.695. The van der Waals surface area contributed by atoms with Gasteiger partial charge in [-0.15, -0.1) is 0 Å². The lowest BCUT2D eigenvalue weighted by Gasteiger charge is -2.27. The summed E-state index contributed by atoms with van der Waals surface area (Å²) in [6.45, 7) is 2.64. The predicted molar refractivity (Wildman–Crippen MR) is 66.4 cm³/mol. The second kappa shape index (κ2) is 6.91. The minimum atomic E-state index is -0.838. The van der Waals surface area contributed by atoms with E-state index in [1.807, 2.05) is 28.1 Å². The Kier molecular flexibility index (Phi) is 6.67. The number of carboxylic acids is 1. The van der Waals surface area contributed by atoms with Crippen LogP contribution in [0.3, 0.4) is 0 Å². The average molecular weight is 248 g/mol. The van der Waals surface area contributed by atoms with Crippen molar-refractivity contribution >= 4 is 22.8 Å². The van der Waals surface area contributed by atoms with Crippen LogP contribution in [0.4, 0.5) is 0 Å². The van der Waals surface area contributed by atoms with Crippen LogP contribution in [0.15, 0.2) is 0 Å². The third-order valence-corrected chi connectivity index (χ3v) is 3.02. The van der Waals surface area contributed by atoms with Crippen molar-refractivity contribution in [2.24, 2.45) is 0 Å². The first kappa shape index (κ1) is 15.4. The highest BCUT2D eigenvalue weighted by Gasteiger charge is 2.23. The summed E-state index contributed by atoms with van der Waals surface area (Å²) in [4.78, 5) is 22.2. The van der Waals surface area contributed by atoms with Crippen LogP contribution in [0.5, 0.6) is 0 Å². The molecule has 0 aromatic rings. The van der Waals surface area contributed by atoms with Crippen LogP contribution in [-0.2, 0) is 9.59 Å². The smallest absolute Gasteiger partial charge is 0.304 e. The number of carboxylic acid groups (broad SMARTS) is 1. The summed E-state index contributed by atoms with van der Waals surface area (Å²) in [6, 6.07) is 0. The Bertz CT molecular complexity index is 248. The van der Waals surface area contributed by atoms with Gasteiger partial charge in [0, 0.05) is 6.42 Å². The number of carbonyl (C=O) groups excluding carboxylic acids is 1. The summed E-state index contributed by atoms with van der Waals surface area (Å²) in [6.07, 6.45) is 1.39.